The van der Waals surface area contributed by atoms with Crippen molar-refractivity contribution in [3.05, 3.63) is 187 Å². The van der Waals surface area contributed by atoms with Gasteiger partial charge in [-0.3, -0.25) is 0 Å². The number of nitrogens with zero attached hydrogens (tertiary/aromatic N) is 3. The molecule has 0 N–H and O–H groups in total. The van der Waals surface area contributed by atoms with Crippen LogP contribution in [0.15, 0.2) is 170 Å². The molecule has 1 heterocycles. The predicted octanol–water partition coefficient (Wildman–Crippen LogP) is 11.7. The lowest BCUT2D eigenvalue weighted by molar-refractivity contribution is 0.714. The summed E-state index contributed by atoms with van der Waals surface area (Å²) in [7, 11) is 0. The molecule has 9 aromatic rings. The predicted molar refractivity (Wildman–Crippen MR) is 206 cm³/mol. The molecule has 0 aliphatic heterocycles. The highest BCUT2D eigenvalue weighted by Gasteiger charge is 2.40. The number of hydrogen-bond acceptors (Lipinski definition) is 3. The van der Waals surface area contributed by atoms with Crippen molar-refractivity contribution < 1.29 is 0 Å². The number of hydrogen-bond donors (Lipinski definition) is 0. The lowest BCUT2D eigenvalue weighted by Gasteiger charge is -2.28. The van der Waals surface area contributed by atoms with Crippen LogP contribution in [-0.4, -0.2) is 15.0 Å². The molecule has 8 aromatic carbocycles. The zero-order chi connectivity index (χ0) is 33.2. The molecule has 0 spiro atoms. The van der Waals surface area contributed by atoms with E-state index in [1.54, 1.807) is 0 Å². The second-order valence-corrected chi connectivity index (χ2v) is 13.3. The molecule has 0 amide bonds. The van der Waals surface area contributed by atoms with E-state index in [0.717, 1.165) is 38.2 Å². The van der Waals surface area contributed by atoms with Crippen LogP contribution >= 0.6 is 0 Å². The van der Waals surface area contributed by atoms with E-state index >= 15 is 0 Å². The molecule has 0 radical (unpaired) electrons. The van der Waals surface area contributed by atoms with Crippen LogP contribution in [0, 0.1) is 0 Å². The summed E-state index contributed by atoms with van der Waals surface area (Å²) in [6, 6.07) is 60.5. The second kappa shape index (κ2) is 11.0. The van der Waals surface area contributed by atoms with E-state index < -0.39 is 0 Å². The average Bonchev–Trinajstić information content (AvgIpc) is 3.45. The maximum Gasteiger partial charge on any atom is 0.165 e. The quantitative estimate of drug-likeness (QED) is 0.142. The van der Waals surface area contributed by atoms with E-state index in [9.17, 15) is 0 Å². The molecule has 0 fully saturated rings. The van der Waals surface area contributed by atoms with Crippen LogP contribution in [0.5, 0.6) is 0 Å². The van der Waals surface area contributed by atoms with Gasteiger partial charge in [0.2, 0.25) is 0 Å². The minimum Gasteiger partial charge on any atom is -0.208 e. The first-order chi connectivity index (χ1) is 24.7. The Balaban J connectivity index is 1.27. The molecule has 0 saturated heterocycles. The van der Waals surface area contributed by atoms with E-state index in [0.29, 0.717) is 17.5 Å². The molecular weight excluding hydrogens is 607 g/mol. The van der Waals surface area contributed by atoms with Crippen molar-refractivity contribution in [2.24, 2.45) is 0 Å². The van der Waals surface area contributed by atoms with Crippen LogP contribution in [0.1, 0.15) is 23.6 Å². The van der Waals surface area contributed by atoms with Crippen LogP contribution in [0.25, 0.3) is 77.6 Å². The molecule has 1 aliphatic rings. The summed E-state index contributed by atoms with van der Waals surface area (Å²) in [5.41, 5.74) is 8.98. The molecule has 1 atom stereocenters. The third-order valence-electron chi connectivity index (χ3n) is 10.6. The fraction of sp³-hybridized carbons (Fsp3) is 0.0426. The van der Waals surface area contributed by atoms with Gasteiger partial charge in [-0.05, 0) is 73.8 Å². The molecule has 3 heteroatoms. The van der Waals surface area contributed by atoms with Crippen LogP contribution in [0.4, 0.5) is 0 Å². The monoisotopic (exact) mass is 637 g/mol. The number of benzene rings is 8. The topological polar surface area (TPSA) is 38.7 Å². The van der Waals surface area contributed by atoms with Gasteiger partial charge in [-0.25, -0.2) is 15.0 Å². The maximum absolute atomic E-state index is 5.38. The Kier molecular flexibility index (Phi) is 6.31. The Bertz CT molecular complexity index is 2770. The van der Waals surface area contributed by atoms with Crippen LogP contribution in [0.2, 0.25) is 0 Å². The molecule has 1 aliphatic carbocycles. The lowest BCUT2D eigenvalue weighted by atomic mass is 9.74. The normalized spacial score (nSPS) is 15.0. The standard InChI is InChI=1S/C47H31N3/c1-47(35-18-6-3-7-19-35)40-23-13-12-22-38(40)39-27-26-34(29-41(39)47)45-48-44(31-15-4-2-5-16-31)49-46(50-45)43-37-21-11-9-17-32(37)28-33-25-24-30-14-8-10-20-36(30)42(33)43/h2-29H,1H3. The Morgan fingerprint density at radius 2 is 1.00 bits per heavy atom. The average molecular weight is 638 g/mol. The van der Waals surface area contributed by atoms with Gasteiger partial charge in [-0.15, -0.1) is 0 Å². The fourth-order valence-corrected chi connectivity index (χ4v) is 8.12. The zero-order valence-corrected chi connectivity index (χ0v) is 27.5. The third kappa shape index (κ3) is 4.27. The minimum atomic E-state index is -0.327. The lowest BCUT2D eigenvalue weighted by Crippen LogP contribution is -2.22. The second-order valence-electron chi connectivity index (χ2n) is 13.3. The van der Waals surface area contributed by atoms with Crippen molar-refractivity contribution in [1.82, 2.24) is 15.0 Å². The van der Waals surface area contributed by atoms with Gasteiger partial charge in [0.25, 0.3) is 0 Å². The first-order valence-corrected chi connectivity index (χ1v) is 17.1. The van der Waals surface area contributed by atoms with Crippen molar-refractivity contribution >= 4 is 32.3 Å². The molecule has 0 bridgehead atoms. The number of aromatic nitrogens is 3. The summed E-state index contributed by atoms with van der Waals surface area (Å²) in [5, 5.41) is 6.96. The van der Waals surface area contributed by atoms with E-state index in [1.165, 1.54) is 38.6 Å². The van der Waals surface area contributed by atoms with Crippen molar-refractivity contribution in [2.75, 3.05) is 0 Å². The van der Waals surface area contributed by atoms with E-state index in [2.05, 4.69) is 159 Å². The fourth-order valence-electron chi connectivity index (χ4n) is 8.12. The zero-order valence-electron chi connectivity index (χ0n) is 27.5. The van der Waals surface area contributed by atoms with Gasteiger partial charge in [0.05, 0.1) is 0 Å². The SMILES string of the molecule is CC1(c2ccccc2)c2ccccc2-c2ccc(-c3nc(-c4ccccc4)nc(-c4c5ccccc5cc5ccc6ccccc6c45)n3)cc21. The highest BCUT2D eigenvalue weighted by molar-refractivity contribution is 6.21. The molecule has 0 saturated carbocycles. The van der Waals surface area contributed by atoms with Crippen molar-refractivity contribution in [3.8, 4) is 45.3 Å². The van der Waals surface area contributed by atoms with Crippen molar-refractivity contribution in [1.29, 1.82) is 0 Å². The van der Waals surface area contributed by atoms with E-state index in [4.69, 9.17) is 15.0 Å². The highest BCUT2D eigenvalue weighted by Crippen LogP contribution is 2.53. The first-order valence-electron chi connectivity index (χ1n) is 17.1. The summed E-state index contributed by atoms with van der Waals surface area (Å²) < 4.78 is 0. The van der Waals surface area contributed by atoms with Crippen molar-refractivity contribution in [2.45, 2.75) is 12.3 Å². The molecule has 3 nitrogen and oxygen atoms in total. The maximum atomic E-state index is 5.38. The smallest absolute Gasteiger partial charge is 0.165 e. The van der Waals surface area contributed by atoms with Gasteiger partial charge in [0, 0.05) is 27.5 Å². The summed E-state index contributed by atoms with van der Waals surface area (Å²) >= 11 is 0. The van der Waals surface area contributed by atoms with E-state index in [-0.39, 0.29) is 5.41 Å². The Morgan fingerprint density at radius 3 is 1.82 bits per heavy atom. The Labute approximate surface area is 290 Å². The molecule has 10 rings (SSSR count). The first kappa shape index (κ1) is 28.6. The van der Waals surface area contributed by atoms with Gasteiger partial charge in [-0.2, -0.15) is 0 Å². The van der Waals surface area contributed by atoms with Crippen LogP contribution in [-0.2, 0) is 5.41 Å². The van der Waals surface area contributed by atoms with E-state index in [1.807, 2.05) is 18.2 Å². The van der Waals surface area contributed by atoms with Gasteiger partial charge < -0.3 is 0 Å². The number of rotatable bonds is 4. The molecule has 1 aromatic heterocycles. The molecular formula is C47H31N3. The highest BCUT2D eigenvalue weighted by atomic mass is 15.0. The molecule has 50 heavy (non-hydrogen) atoms. The van der Waals surface area contributed by atoms with Crippen LogP contribution in [0.3, 0.4) is 0 Å². The summed E-state index contributed by atoms with van der Waals surface area (Å²) in [5.74, 6) is 1.98. The molecule has 1 unspecified atom stereocenters. The number of fused-ring (bicyclic) bond motifs is 7. The molecule has 234 valence electrons. The largest absolute Gasteiger partial charge is 0.208 e. The summed E-state index contributed by atoms with van der Waals surface area (Å²) in [6.45, 7) is 2.35. The minimum absolute atomic E-state index is 0.327. The summed E-state index contributed by atoms with van der Waals surface area (Å²) in [4.78, 5) is 15.8. The Hall–Kier alpha value is -6.45. The van der Waals surface area contributed by atoms with Crippen LogP contribution < -0.4 is 0 Å². The van der Waals surface area contributed by atoms with Gasteiger partial charge in [0.1, 0.15) is 0 Å². The Morgan fingerprint density at radius 1 is 0.400 bits per heavy atom. The summed E-state index contributed by atoms with van der Waals surface area (Å²) in [6.07, 6.45) is 0. The van der Waals surface area contributed by atoms with Gasteiger partial charge in [-0.1, -0.05) is 158 Å². The third-order valence-corrected chi connectivity index (χ3v) is 10.6. The van der Waals surface area contributed by atoms with Crippen molar-refractivity contribution in [3.63, 3.8) is 0 Å². The van der Waals surface area contributed by atoms with Gasteiger partial charge >= 0.3 is 0 Å². The van der Waals surface area contributed by atoms with Gasteiger partial charge in [0.15, 0.2) is 17.5 Å².